The standard InChI is InChI=1S/C23H29N5O4S/c1-23(2,3)32-22(29)27-11-16-17(12-27)21(16)26-19-10-20(25-13-24-19)28-8-7-14-9-15(33(4,30)31)5-6-18(14)28/h5-6,9-10,13,16-17,21H,7-8,11-12H2,1-4H3,(H,24,25,26)/t16-,17?,21?/m1/s1. The van der Waals surface area contributed by atoms with E-state index in [1.807, 2.05) is 32.9 Å². The first kappa shape index (κ1) is 21.9. The van der Waals surface area contributed by atoms with E-state index in [9.17, 15) is 13.2 Å². The molecule has 3 atom stereocenters. The highest BCUT2D eigenvalue weighted by Crippen LogP contribution is 2.47. The maximum absolute atomic E-state index is 12.3. The molecule has 10 heteroatoms. The van der Waals surface area contributed by atoms with Crippen LogP contribution in [0.5, 0.6) is 0 Å². The number of hydrogen-bond donors (Lipinski definition) is 1. The Morgan fingerprint density at radius 3 is 2.55 bits per heavy atom. The molecule has 1 saturated heterocycles. The summed E-state index contributed by atoms with van der Waals surface area (Å²) >= 11 is 0. The van der Waals surface area contributed by atoms with Crippen molar-refractivity contribution >= 4 is 33.3 Å². The highest BCUT2D eigenvalue weighted by Gasteiger charge is 2.57. The molecular weight excluding hydrogens is 442 g/mol. The minimum absolute atomic E-state index is 0.246. The lowest BCUT2D eigenvalue weighted by atomic mass is 10.2. The van der Waals surface area contributed by atoms with Crippen molar-refractivity contribution in [2.45, 2.75) is 43.7 Å². The van der Waals surface area contributed by atoms with E-state index < -0.39 is 15.4 Å². The number of likely N-dealkylation sites (tertiary alicyclic amines) is 1. The molecule has 0 radical (unpaired) electrons. The van der Waals surface area contributed by atoms with Crippen LogP contribution in [0.4, 0.5) is 22.1 Å². The number of hydrogen-bond acceptors (Lipinski definition) is 8. The van der Waals surface area contributed by atoms with E-state index in [1.165, 1.54) is 6.26 Å². The highest BCUT2D eigenvalue weighted by atomic mass is 32.2. The van der Waals surface area contributed by atoms with E-state index in [2.05, 4.69) is 20.2 Å². The second kappa shape index (κ2) is 7.58. The molecule has 0 bridgehead atoms. The molecular formula is C23H29N5O4S. The fourth-order valence-corrected chi connectivity index (χ4v) is 5.48. The average molecular weight is 472 g/mol. The second-order valence-corrected chi connectivity index (χ2v) is 12.1. The first-order chi connectivity index (χ1) is 15.5. The lowest BCUT2D eigenvalue weighted by Crippen LogP contribution is -2.38. The molecule has 176 valence electrons. The van der Waals surface area contributed by atoms with Gasteiger partial charge in [-0.2, -0.15) is 0 Å². The zero-order chi connectivity index (χ0) is 23.5. The molecule has 33 heavy (non-hydrogen) atoms. The molecule has 3 heterocycles. The van der Waals surface area contributed by atoms with Crippen molar-refractivity contribution in [3.05, 3.63) is 36.2 Å². The number of nitrogens with one attached hydrogen (secondary N) is 1. The molecule has 1 aromatic carbocycles. The summed E-state index contributed by atoms with van der Waals surface area (Å²) in [6.45, 7) is 7.75. The Bertz CT molecular complexity index is 1200. The average Bonchev–Trinajstić information content (AvgIpc) is 3.10. The molecule has 1 saturated carbocycles. The van der Waals surface area contributed by atoms with Crippen molar-refractivity contribution in [1.29, 1.82) is 0 Å². The number of benzene rings is 1. The number of amides is 1. The predicted molar refractivity (Wildman–Crippen MR) is 124 cm³/mol. The Hall–Kier alpha value is -2.88. The van der Waals surface area contributed by atoms with Gasteiger partial charge in [0.1, 0.15) is 23.6 Å². The van der Waals surface area contributed by atoms with Gasteiger partial charge in [-0.3, -0.25) is 0 Å². The predicted octanol–water partition coefficient (Wildman–Crippen LogP) is 2.85. The van der Waals surface area contributed by atoms with Crippen molar-refractivity contribution < 1.29 is 17.9 Å². The van der Waals surface area contributed by atoms with Crippen LogP contribution in [-0.4, -0.2) is 66.9 Å². The van der Waals surface area contributed by atoms with Crippen molar-refractivity contribution in [3.63, 3.8) is 0 Å². The number of carbonyl (C=O) groups excluding carboxylic acids is 1. The van der Waals surface area contributed by atoms with Crippen molar-refractivity contribution in [1.82, 2.24) is 14.9 Å². The molecule has 2 fully saturated rings. The number of nitrogens with zero attached hydrogens (tertiary/aromatic N) is 4. The third-order valence-electron chi connectivity index (χ3n) is 6.46. The first-order valence-corrected chi connectivity index (χ1v) is 13.1. The summed E-state index contributed by atoms with van der Waals surface area (Å²) in [5.41, 5.74) is 1.49. The number of aromatic nitrogens is 2. The maximum Gasteiger partial charge on any atom is 0.410 e. The van der Waals surface area contributed by atoms with E-state index in [0.717, 1.165) is 35.9 Å². The molecule has 9 nitrogen and oxygen atoms in total. The Morgan fingerprint density at radius 1 is 1.15 bits per heavy atom. The molecule has 1 amide bonds. The van der Waals surface area contributed by atoms with Crippen LogP contribution in [0.1, 0.15) is 26.3 Å². The molecule has 3 aliphatic rings. The number of piperidine rings is 1. The number of sulfone groups is 1. The van der Waals surface area contributed by atoms with Crippen LogP contribution in [0.25, 0.3) is 0 Å². The highest BCUT2D eigenvalue weighted by molar-refractivity contribution is 7.90. The largest absolute Gasteiger partial charge is 0.444 e. The van der Waals surface area contributed by atoms with Gasteiger partial charge < -0.3 is 19.9 Å². The Kier molecular flexibility index (Phi) is 5.04. The molecule has 5 rings (SSSR count). The van der Waals surface area contributed by atoms with Gasteiger partial charge in [-0.25, -0.2) is 23.2 Å². The number of carbonyl (C=O) groups is 1. The summed E-state index contributed by atoms with van der Waals surface area (Å²) in [5, 5.41) is 3.51. The SMILES string of the molecule is CC(C)(C)OC(=O)N1CC2C(Nc3cc(N4CCc5cc(S(C)(=O)=O)ccc54)ncn3)[C@@H]2C1. The summed E-state index contributed by atoms with van der Waals surface area (Å²) < 4.78 is 29.2. The summed E-state index contributed by atoms with van der Waals surface area (Å²) in [7, 11) is -3.23. The second-order valence-electron chi connectivity index (χ2n) is 10.1. The number of ether oxygens (including phenoxy) is 1. The van der Waals surface area contributed by atoms with Crippen molar-refractivity contribution in [2.75, 3.05) is 36.1 Å². The summed E-state index contributed by atoms with van der Waals surface area (Å²) in [6, 6.07) is 7.47. The minimum atomic E-state index is -3.23. The third kappa shape index (κ3) is 4.36. The summed E-state index contributed by atoms with van der Waals surface area (Å²) in [5.74, 6) is 2.33. The molecule has 2 aliphatic heterocycles. The van der Waals surface area contributed by atoms with E-state index in [1.54, 1.807) is 23.4 Å². The van der Waals surface area contributed by atoms with Crippen LogP contribution >= 0.6 is 0 Å². The van der Waals surface area contributed by atoms with Crippen LogP contribution in [0.3, 0.4) is 0 Å². The Morgan fingerprint density at radius 2 is 1.88 bits per heavy atom. The monoisotopic (exact) mass is 471 g/mol. The normalized spacial score (nSPS) is 23.8. The molecule has 1 N–H and O–H groups in total. The minimum Gasteiger partial charge on any atom is -0.444 e. The molecule has 1 aliphatic carbocycles. The van der Waals surface area contributed by atoms with Gasteiger partial charge >= 0.3 is 6.09 Å². The molecule has 0 spiro atoms. The van der Waals surface area contributed by atoms with E-state index in [0.29, 0.717) is 29.8 Å². The van der Waals surface area contributed by atoms with E-state index >= 15 is 0 Å². The molecule has 2 unspecified atom stereocenters. The Labute approximate surface area is 194 Å². The van der Waals surface area contributed by atoms with Gasteiger partial charge in [-0.15, -0.1) is 0 Å². The van der Waals surface area contributed by atoms with Gasteiger partial charge in [0.05, 0.1) is 4.90 Å². The topological polar surface area (TPSA) is 105 Å². The Balaban J connectivity index is 1.24. The zero-order valence-electron chi connectivity index (χ0n) is 19.3. The lowest BCUT2D eigenvalue weighted by molar-refractivity contribution is 0.0272. The van der Waals surface area contributed by atoms with Gasteiger partial charge in [-0.05, 0) is 51.0 Å². The van der Waals surface area contributed by atoms with Gasteiger partial charge in [-0.1, -0.05) is 0 Å². The fourth-order valence-electron chi connectivity index (χ4n) is 4.81. The molecule has 2 aromatic rings. The van der Waals surface area contributed by atoms with Crippen LogP contribution in [0, 0.1) is 11.8 Å². The number of rotatable bonds is 4. The van der Waals surface area contributed by atoms with E-state index in [-0.39, 0.29) is 12.1 Å². The van der Waals surface area contributed by atoms with Crippen LogP contribution in [-0.2, 0) is 21.0 Å². The summed E-state index contributed by atoms with van der Waals surface area (Å²) in [6.07, 6.45) is 3.29. The van der Waals surface area contributed by atoms with Gasteiger partial charge in [0.15, 0.2) is 9.84 Å². The van der Waals surface area contributed by atoms with E-state index in [4.69, 9.17) is 4.74 Å². The summed E-state index contributed by atoms with van der Waals surface area (Å²) in [4.78, 5) is 25.3. The van der Waals surface area contributed by atoms with Crippen molar-refractivity contribution in [3.8, 4) is 0 Å². The van der Waals surface area contributed by atoms with Crippen molar-refractivity contribution in [2.24, 2.45) is 11.8 Å². The fraction of sp³-hybridized carbons (Fsp3) is 0.522. The van der Waals surface area contributed by atoms with Crippen LogP contribution in [0.2, 0.25) is 0 Å². The van der Waals surface area contributed by atoms with Crippen LogP contribution in [0.15, 0.2) is 35.5 Å². The zero-order valence-corrected chi connectivity index (χ0v) is 20.1. The number of anilines is 3. The quantitative estimate of drug-likeness (QED) is 0.726. The lowest BCUT2D eigenvalue weighted by Gasteiger charge is -2.26. The van der Waals surface area contributed by atoms with Crippen LogP contribution < -0.4 is 10.2 Å². The first-order valence-electron chi connectivity index (χ1n) is 11.2. The molecule has 1 aromatic heterocycles. The smallest absolute Gasteiger partial charge is 0.410 e. The van der Waals surface area contributed by atoms with Gasteiger partial charge in [0.2, 0.25) is 0 Å². The maximum atomic E-state index is 12.3. The third-order valence-corrected chi connectivity index (χ3v) is 7.57. The van der Waals surface area contributed by atoms with Gasteiger partial charge in [0, 0.05) is 55.5 Å². The van der Waals surface area contributed by atoms with Gasteiger partial charge in [0.25, 0.3) is 0 Å². The number of fused-ring (bicyclic) bond motifs is 2.